The van der Waals surface area contributed by atoms with Crippen molar-refractivity contribution < 1.29 is 62.8 Å². The number of carbonyl (C=O) groups excluding carboxylic acids is 4. The molecule has 2 saturated heterocycles. The fourth-order valence-electron chi connectivity index (χ4n) is 1.79. The van der Waals surface area contributed by atoms with Crippen LogP contribution in [0, 0.1) is 0 Å². The first-order valence-corrected chi connectivity index (χ1v) is 10.7. The van der Waals surface area contributed by atoms with Crippen molar-refractivity contribution in [3.05, 3.63) is 0 Å². The molecule has 2 unspecified atom stereocenters. The summed E-state index contributed by atoms with van der Waals surface area (Å²) in [6, 6.07) is 0. The van der Waals surface area contributed by atoms with E-state index < -0.39 is 76.5 Å². The number of carbonyl (C=O) groups is 4. The summed E-state index contributed by atoms with van der Waals surface area (Å²) in [4.78, 5) is 46.8. The summed E-state index contributed by atoms with van der Waals surface area (Å²) in [6.07, 6.45) is -2.49. The third kappa shape index (κ3) is 4.12. The minimum atomic E-state index is -5.31. The van der Waals surface area contributed by atoms with Crippen molar-refractivity contribution in [3.8, 4) is 0 Å². The Kier molecular flexibility index (Phi) is 4.63. The van der Waals surface area contributed by atoms with E-state index in [4.69, 9.17) is 9.11 Å². The van der Waals surface area contributed by atoms with Crippen LogP contribution in [0.4, 0.5) is 0 Å². The van der Waals surface area contributed by atoms with E-state index in [0.717, 1.165) is 0 Å². The summed E-state index contributed by atoms with van der Waals surface area (Å²) in [5.74, 6) is -6.76. The first kappa shape index (κ1) is 19.2. The highest BCUT2D eigenvalue weighted by Crippen LogP contribution is 2.27. The van der Waals surface area contributed by atoms with Gasteiger partial charge in [-0.15, -0.1) is 0 Å². The Balaban J connectivity index is 2.43. The molecule has 0 radical (unpaired) electrons. The molecular weight excluding hydrogens is 412 g/mol. The number of hydrogen-bond donors (Lipinski definition) is 2. The van der Waals surface area contributed by atoms with Gasteiger partial charge in [0.1, 0.15) is 0 Å². The van der Waals surface area contributed by atoms with Crippen LogP contribution in [0.2, 0.25) is 0 Å². The van der Waals surface area contributed by atoms with Crippen molar-refractivity contribution in [2.75, 3.05) is 0 Å². The molecular formula is C8H8O14S2Si. The molecule has 2 heterocycles. The predicted molar refractivity (Wildman–Crippen MR) is 70.0 cm³/mol. The molecule has 0 bridgehead atoms. The highest BCUT2D eigenvalue weighted by atomic mass is 32.2. The fraction of sp³-hybridized carbons (Fsp3) is 0.500. The minimum absolute atomic E-state index is 1.25. The maximum absolute atomic E-state index is 11.8. The van der Waals surface area contributed by atoms with Crippen molar-refractivity contribution in [2.24, 2.45) is 0 Å². The summed E-state index contributed by atoms with van der Waals surface area (Å²) in [7, 11) is -15.6. The first-order chi connectivity index (χ1) is 11.2. The maximum Gasteiger partial charge on any atom is 0.974 e. The Morgan fingerprint density at radius 2 is 1.04 bits per heavy atom. The van der Waals surface area contributed by atoms with Crippen molar-refractivity contribution in [1.29, 1.82) is 0 Å². The van der Waals surface area contributed by atoms with Gasteiger partial charge in [0.15, 0.2) is 10.5 Å². The Morgan fingerprint density at radius 3 is 1.32 bits per heavy atom. The van der Waals surface area contributed by atoms with Gasteiger partial charge in [-0.25, -0.2) is 0 Å². The van der Waals surface area contributed by atoms with Crippen LogP contribution < -0.4 is 0 Å². The van der Waals surface area contributed by atoms with Gasteiger partial charge in [0.05, 0.1) is 12.8 Å². The molecule has 0 saturated carbocycles. The van der Waals surface area contributed by atoms with Gasteiger partial charge in [-0.2, -0.15) is 16.8 Å². The van der Waals surface area contributed by atoms with Crippen LogP contribution in [0.25, 0.3) is 0 Å². The van der Waals surface area contributed by atoms with Crippen LogP contribution in [0.15, 0.2) is 0 Å². The minimum Gasteiger partial charge on any atom is -0.423 e. The van der Waals surface area contributed by atoms with Crippen molar-refractivity contribution in [2.45, 2.75) is 23.3 Å². The predicted octanol–water partition coefficient (Wildman–Crippen LogP) is -3.08. The van der Waals surface area contributed by atoms with Gasteiger partial charge in [0.2, 0.25) is 0 Å². The van der Waals surface area contributed by atoms with Crippen molar-refractivity contribution in [1.82, 2.24) is 0 Å². The van der Waals surface area contributed by atoms with Crippen LogP contribution >= 0.6 is 0 Å². The van der Waals surface area contributed by atoms with E-state index in [9.17, 15) is 36.0 Å². The van der Waals surface area contributed by atoms with Crippen LogP contribution in [0.5, 0.6) is 0 Å². The van der Waals surface area contributed by atoms with E-state index in [1.807, 2.05) is 0 Å². The summed E-state index contributed by atoms with van der Waals surface area (Å²) in [6.45, 7) is 0. The molecule has 2 fully saturated rings. The lowest BCUT2D eigenvalue weighted by atomic mass is 10.3. The molecule has 2 rings (SSSR count). The second-order valence-electron chi connectivity index (χ2n) is 4.71. The standard InChI is InChI=1S/C8H8O14S2Si/c9-5-1-3(23(13,14)15)7(11)21-25(19-5)20-6(10)2-4(8(12)22-25)24(16,17)18/h3-4H,1-2H2,(H,13,14,15)(H,16,17,18). The van der Waals surface area contributed by atoms with Crippen LogP contribution in [0.3, 0.4) is 0 Å². The summed E-state index contributed by atoms with van der Waals surface area (Å²) in [5.41, 5.74) is 0. The number of hydrogen-bond acceptors (Lipinski definition) is 12. The first-order valence-electron chi connectivity index (χ1n) is 6.05. The number of rotatable bonds is 2. The summed E-state index contributed by atoms with van der Waals surface area (Å²) < 4.78 is 79.8. The normalized spacial score (nSPS) is 31.3. The van der Waals surface area contributed by atoms with E-state index >= 15 is 0 Å². The van der Waals surface area contributed by atoms with Crippen LogP contribution in [-0.4, -0.2) is 69.4 Å². The summed E-state index contributed by atoms with van der Waals surface area (Å²) >= 11 is 0. The van der Waals surface area contributed by atoms with Crippen molar-refractivity contribution in [3.63, 3.8) is 0 Å². The molecule has 2 aliphatic heterocycles. The highest BCUT2D eigenvalue weighted by molar-refractivity contribution is 7.87. The Hall–Kier alpha value is -2.08. The average molecular weight is 420 g/mol. The second kappa shape index (κ2) is 6.02. The van der Waals surface area contributed by atoms with E-state index in [1.165, 1.54) is 0 Å². The Bertz CT molecular complexity index is 783. The van der Waals surface area contributed by atoms with E-state index in [0.29, 0.717) is 0 Å². The summed E-state index contributed by atoms with van der Waals surface area (Å²) in [5, 5.41) is -4.88. The van der Waals surface area contributed by atoms with Gasteiger partial charge in [-0.1, -0.05) is 0 Å². The van der Waals surface area contributed by atoms with Gasteiger partial charge in [0.25, 0.3) is 20.2 Å². The molecule has 0 aromatic rings. The van der Waals surface area contributed by atoms with Gasteiger partial charge in [-0.05, 0) is 0 Å². The zero-order valence-corrected chi connectivity index (χ0v) is 14.3. The molecule has 140 valence electrons. The molecule has 1 spiro atoms. The molecule has 0 aliphatic carbocycles. The molecule has 0 aromatic carbocycles. The van der Waals surface area contributed by atoms with Crippen LogP contribution in [0.1, 0.15) is 12.8 Å². The smallest absolute Gasteiger partial charge is 0.423 e. The lowest BCUT2D eigenvalue weighted by Gasteiger charge is -2.20. The molecule has 2 N–H and O–H groups in total. The third-order valence-corrected chi connectivity index (χ3v) is 6.89. The lowest BCUT2D eigenvalue weighted by Crippen LogP contribution is -2.53. The zero-order chi connectivity index (χ0) is 19.2. The quantitative estimate of drug-likeness (QED) is 0.335. The maximum atomic E-state index is 11.8. The molecule has 17 heteroatoms. The second-order valence-corrected chi connectivity index (χ2v) is 9.72. The third-order valence-electron chi connectivity index (χ3n) is 2.88. The van der Waals surface area contributed by atoms with E-state index in [-0.39, 0.29) is 0 Å². The highest BCUT2D eigenvalue weighted by Gasteiger charge is 2.68. The molecule has 0 amide bonds. The zero-order valence-electron chi connectivity index (χ0n) is 11.7. The molecule has 14 nitrogen and oxygen atoms in total. The Morgan fingerprint density at radius 1 is 0.720 bits per heavy atom. The lowest BCUT2D eigenvalue weighted by molar-refractivity contribution is -0.155. The average Bonchev–Trinajstić information content (AvgIpc) is 2.57. The SMILES string of the molecule is O=C1CC(S(=O)(=O)O)C(=O)O[Si]2(O1)OC(=O)CC(S(=O)(=O)O)C(=O)O2. The monoisotopic (exact) mass is 420 g/mol. The van der Waals surface area contributed by atoms with Gasteiger partial charge in [0, 0.05) is 0 Å². The van der Waals surface area contributed by atoms with E-state index in [1.54, 1.807) is 0 Å². The van der Waals surface area contributed by atoms with E-state index in [2.05, 4.69) is 17.7 Å². The Labute approximate surface area is 140 Å². The van der Waals surface area contributed by atoms with Crippen molar-refractivity contribution >= 4 is 53.2 Å². The van der Waals surface area contributed by atoms with Gasteiger partial charge in [-0.3, -0.25) is 28.3 Å². The van der Waals surface area contributed by atoms with Gasteiger partial charge >= 0.3 is 32.9 Å². The molecule has 0 aromatic heterocycles. The fourth-order valence-corrected chi connectivity index (χ4v) is 4.99. The topological polar surface area (TPSA) is 214 Å². The van der Waals surface area contributed by atoms with Crippen LogP contribution in [-0.2, 0) is 57.1 Å². The molecule has 2 atom stereocenters. The molecule has 25 heavy (non-hydrogen) atoms. The molecule has 2 aliphatic rings. The largest absolute Gasteiger partial charge is 0.974 e. The van der Waals surface area contributed by atoms with Gasteiger partial charge < -0.3 is 17.7 Å².